The van der Waals surface area contributed by atoms with E-state index in [1.807, 2.05) is 0 Å². The van der Waals surface area contributed by atoms with Crippen molar-refractivity contribution in [2.45, 2.75) is 45.0 Å². The quantitative estimate of drug-likeness (QED) is 0.727. The summed E-state index contributed by atoms with van der Waals surface area (Å²) in [6.45, 7) is 4.31. The molecule has 1 saturated heterocycles. The fourth-order valence-corrected chi connectivity index (χ4v) is 3.79. The molecule has 0 bridgehead atoms. The summed E-state index contributed by atoms with van der Waals surface area (Å²) in [5, 5.41) is 3.95. The molecular weight excluding hydrogens is 385 g/mol. The molecule has 0 saturated carbocycles. The molecule has 132 valence electrons. The van der Waals surface area contributed by atoms with Gasteiger partial charge in [-0.2, -0.15) is 13.2 Å². The lowest BCUT2D eigenvalue weighted by atomic mass is 9.89. The van der Waals surface area contributed by atoms with Gasteiger partial charge in [-0.05, 0) is 72.0 Å². The van der Waals surface area contributed by atoms with Gasteiger partial charge < -0.3 is 4.84 Å². The second-order valence-electron chi connectivity index (χ2n) is 6.57. The van der Waals surface area contributed by atoms with Crippen LogP contribution in [0.2, 0.25) is 0 Å². The topological polar surface area (TPSA) is 24.8 Å². The molecule has 3 rings (SSSR count). The normalized spacial score (nSPS) is 23.2. The Morgan fingerprint density at radius 2 is 2.00 bits per heavy atom. The van der Waals surface area contributed by atoms with E-state index >= 15 is 0 Å². The van der Waals surface area contributed by atoms with Crippen molar-refractivity contribution in [3.8, 4) is 0 Å². The van der Waals surface area contributed by atoms with Crippen LogP contribution in [0.1, 0.15) is 36.0 Å². The molecule has 0 N–H and O–H groups in total. The van der Waals surface area contributed by atoms with E-state index < -0.39 is 11.7 Å². The fraction of sp³-hybridized carbons (Fsp3) is 0.588. The molecule has 0 aliphatic carbocycles. The highest BCUT2D eigenvalue weighted by atomic mass is 79.9. The zero-order chi connectivity index (χ0) is 17.3. The lowest BCUT2D eigenvalue weighted by Crippen LogP contribution is -2.37. The predicted octanol–water partition coefficient (Wildman–Crippen LogP) is 4.72. The molecule has 2 aliphatic rings. The highest BCUT2D eigenvalue weighted by Crippen LogP contribution is 2.32. The van der Waals surface area contributed by atoms with Crippen molar-refractivity contribution in [3.05, 3.63) is 34.9 Å². The summed E-state index contributed by atoms with van der Waals surface area (Å²) < 4.78 is 39.1. The molecule has 24 heavy (non-hydrogen) atoms. The molecular formula is C17H20BrF3N2O. The van der Waals surface area contributed by atoms with Gasteiger partial charge in [0.2, 0.25) is 0 Å². The van der Waals surface area contributed by atoms with Crippen molar-refractivity contribution in [3.63, 3.8) is 0 Å². The van der Waals surface area contributed by atoms with Crippen molar-refractivity contribution < 1.29 is 18.0 Å². The molecule has 3 nitrogen and oxygen atoms in total. The SMILES string of the molecule is Cc1cc(C(F)(F)F)ccc1CN1CCC(C2CC(Br)=NO2)CC1. The highest BCUT2D eigenvalue weighted by Gasteiger charge is 2.33. The van der Waals surface area contributed by atoms with Crippen LogP contribution in [0.5, 0.6) is 0 Å². The number of benzene rings is 1. The summed E-state index contributed by atoms with van der Waals surface area (Å²) in [5.41, 5.74) is 1.08. The zero-order valence-corrected chi connectivity index (χ0v) is 15.0. The Morgan fingerprint density at radius 3 is 2.54 bits per heavy atom. The summed E-state index contributed by atoms with van der Waals surface area (Å²) in [6, 6.07) is 4.02. The maximum Gasteiger partial charge on any atom is 0.416 e. The van der Waals surface area contributed by atoms with Crippen LogP contribution < -0.4 is 0 Å². The maximum absolute atomic E-state index is 12.7. The second kappa shape index (κ2) is 7.04. The third-order valence-corrected chi connectivity index (χ3v) is 5.35. The van der Waals surface area contributed by atoms with Crippen LogP contribution >= 0.6 is 15.9 Å². The van der Waals surface area contributed by atoms with Crippen molar-refractivity contribution in [1.29, 1.82) is 0 Å². The molecule has 1 aromatic rings. The first-order chi connectivity index (χ1) is 11.3. The van der Waals surface area contributed by atoms with Crippen LogP contribution in [0.25, 0.3) is 0 Å². The summed E-state index contributed by atoms with van der Waals surface area (Å²) >= 11 is 3.36. The number of hydrogen-bond donors (Lipinski definition) is 0. The highest BCUT2D eigenvalue weighted by molar-refractivity contribution is 9.18. The molecule has 0 radical (unpaired) electrons. The molecule has 1 fully saturated rings. The number of rotatable bonds is 3. The number of aryl methyl sites for hydroxylation is 1. The van der Waals surface area contributed by atoms with Gasteiger partial charge in [0.25, 0.3) is 0 Å². The lowest BCUT2D eigenvalue weighted by molar-refractivity contribution is -0.137. The summed E-state index contributed by atoms with van der Waals surface area (Å²) in [5.74, 6) is 0.494. The van der Waals surface area contributed by atoms with E-state index in [0.29, 0.717) is 18.0 Å². The zero-order valence-electron chi connectivity index (χ0n) is 13.4. The van der Waals surface area contributed by atoms with Crippen LogP contribution in [0.4, 0.5) is 13.2 Å². The fourth-order valence-electron chi connectivity index (χ4n) is 3.39. The van der Waals surface area contributed by atoms with E-state index in [-0.39, 0.29) is 6.10 Å². The Hall–Kier alpha value is -1.08. The van der Waals surface area contributed by atoms with Crippen LogP contribution in [-0.4, -0.2) is 28.7 Å². The molecule has 2 aliphatic heterocycles. The van der Waals surface area contributed by atoms with Crippen LogP contribution in [0, 0.1) is 12.8 Å². The Bertz CT molecular complexity index is 625. The number of hydrogen-bond acceptors (Lipinski definition) is 3. The van der Waals surface area contributed by atoms with Crippen LogP contribution in [0.3, 0.4) is 0 Å². The van der Waals surface area contributed by atoms with Gasteiger partial charge in [0, 0.05) is 18.9 Å². The molecule has 0 aromatic heterocycles. The largest absolute Gasteiger partial charge is 0.416 e. The maximum atomic E-state index is 12.7. The number of oxime groups is 1. The van der Waals surface area contributed by atoms with E-state index in [9.17, 15) is 13.2 Å². The van der Waals surface area contributed by atoms with Crippen molar-refractivity contribution >= 4 is 20.6 Å². The van der Waals surface area contributed by atoms with E-state index in [2.05, 4.69) is 26.0 Å². The lowest BCUT2D eigenvalue weighted by Gasteiger charge is -2.34. The van der Waals surface area contributed by atoms with Gasteiger partial charge in [-0.1, -0.05) is 11.2 Å². The first-order valence-corrected chi connectivity index (χ1v) is 8.89. The van der Waals surface area contributed by atoms with Crippen molar-refractivity contribution in [2.75, 3.05) is 13.1 Å². The molecule has 1 aromatic carbocycles. The predicted molar refractivity (Wildman–Crippen MR) is 90.0 cm³/mol. The number of alkyl halides is 3. The first kappa shape index (κ1) is 17.7. The smallest absolute Gasteiger partial charge is 0.391 e. The molecule has 0 spiro atoms. The minimum Gasteiger partial charge on any atom is -0.391 e. The van der Waals surface area contributed by atoms with E-state index in [0.717, 1.165) is 42.5 Å². The monoisotopic (exact) mass is 404 g/mol. The number of halogens is 4. The summed E-state index contributed by atoms with van der Waals surface area (Å²) in [6.07, 6.45) is -1.23. The molecule has 7 heteroatoms. The Morgan fingerprint density at radius 1 is 1.29 bits per heavy atom. The van der Waals surface area contributed by atoms with Gasteiger partial charge in [0.15, 0.2) is 0 Å². The van der Waals surface area contributed by atoms with Gasteiger partial charge in [-0.25, -0.2) is 0 Å². The van der Waals surface area contributed by atoms with Gasteiger partial charge in [-0.3, -0.25) is 4.90 Å². The van der Waals surface area contributed by atoms with E-state index in [1.54, 1.807) is 13.0 Å². The molecule has 0 amide bonds. The van der Waals surface area contributed by atoms with Gasteiger partial charge in [0.1, 0.15) is 10.7 Å². The second-order valence-corrected chi connectivity index (χ2v) is 7.48. The van der Waals surface area contributed by atoms with Crippen LogP contribution in [0.15, 0.2) is 23.4 Å². The molecule has 1 unspecified atom stereocenters. The Balaban J connectivity index is 1.55. The summed E-state index contributed by atoms with van der Waals surface area (Å²) in [7, 11) is 0. The third-order valence-electron chi connectivity index (χ3n) is 4.88. The first-order valence-electron chi connectivity index (χ1n) is 8.10. The third kappa shape index (κ3) is 4.11. The van der Waals surface area contributed by atoms with Gasteiger partial charge in [0.05, 0.1) is 5.56 Å². The minimum absolute atomic E-state index is 0.161. The van der Waals surface area contributed by atoms with E-state index in [4.69, 9.17) is 4.84 Å². The summed E-state index contributed by atoms with van der Waals surface area (Å²) in [4.78, 5) is 7.74. The number of nitrogens with zero attached hydrogens (tertiary/aromatic N) is 2. The van der Waals surface area contributed by atoms with Crippen molar-refractivity contribution in [2.24, 2.45) is 11.1 Å². The number of likely N-dealkylation sites (tertiary alicyclic amines) is 1. The molecule has 1 atom stereocenters. The standard InChI is InChI=1S/C17H20BrF3N2O/c1-11-8-14(17(19,20)21)3-2-13(11)10-23-6-4-12(5-7-23)15-9-16(18)22-24-15/h2-3,8,12,15H,4-7,9-10H2,1H3. The Kier molecular flexibility index (Phi) is 5.20. The average Bonchev–Trinajstić information content (AvgIpc) is 2.95. The average molecular weight is 405 g/mol. The van der Waals surface area contributed by atoms with Crippen molar-refractivity contribution in [1.82, 2.24) is 4.90 Å². The van der Waals surface area contributed by atoms with E-state index in [1.165, 1.54) is 12.1 Å². The van der Waals surface area contributed by atoms with Gasteiger partial charge in [-0.15, -0.1) is 0 Å². The molecule has 2 heterocycles. The van der Waals surface area contributed by atoms with Crippen LogP contribution in [-0.2, 0) is 17.6 Å². The number of piperidine rings is 1. The van der Waals surface area contributed by atoms with Gasteiger partial charge >= 0.3 is 6.18 Å². The minimum atomic E-state index is -4.28. The Labute approximate surface area is 148 Å².